The van der Waals surface area contributed by atoms with Crippen LogP contribution in [-0.2, 0) is 6.18 Å². The number of rotatable bonds is 2. The molecule has 0 atom stereocenters. The molecule has 0 bridgehead atoms. The maximum Gasteiger partial charge on any atom is 0.433 e. The summed E-state index contributed by atoms with van der Waals surface area (Å²) in [5, 5.41) is 0. The molecule has 0 fully saturated rings. The monoisotopic (exact) mass is 348 g/mol. The van der Waals surface area contributed by atoms with E-state index in [2.05, 4.69) is 20.9 Å². The minimum absolute atomic E-state index is 0.220. The van der Waals surface area contributed by atoms with Crippen molar-refractivity contribution >= 4 is 33.4 Å². The van der Waals surface area contributed by atoms with Crippen LogP contribution in [0.5, 0.6) is 0 Å². The molecular weight excluding hydrogens is 341 g/mol. The molecule has 1 aromatic heterocycles. The van der Waals surface area contributed by atoms with Crippen LogP contribution in [0.1, 0.15) is 5.69 Å². The van der Waals surface area contributed by atoms with Gasteiger partial charge in [-0.25, -0.2) is 4.98 Å². The number of hydrogen-bond acceptors (Lipinski definition) is 3. The molecule has 0 unspecified atom stereocenters. The van der Waals surface area contributed by atoms with E-state index >= 15 is 0 Å². The quantitative estimate of drug-likeness (QED) is 0.862. The Bertz CT molecular complexity index is 602. The summed E-state index contributed by atoms with van der Waals surface area (Å²) < 4.78 is 38.6. The van der Waals surface area contributed by atoms with Crippen molar-refractivity contribution in [3.05, 3.63) is 46.7 Å². The SMILES string of the molecule is Nc1cnc(C(F)(F)F)cc1Sc1cccc(Br)c1. The van der Waals surface area contributed by atoms with Crippen molar-refractivity contribution in [3.8, 4) is 0 Å². The van der Waals surface area contributed by atoms with Gasteiger partial charge in [0.15, 0.2) is 0 Å². The third-order valence-corrected chi connectivity index (χ3v) is 3.77. The zero-order valence-corrected chi connectivity index (χ0v) is 11.8. The number of alkyl halides is 3. The second-order valence-electron chi connectivity index (χ2n) is 3.66. The van der Waals surface area contributed by atoms with E-state index in [1.165, 1.54) is 0 Å². The predicted molar refractivity (Wildman–Crippen MR) is 71.9 cm³/mol. The van der Waals surface area contributed by atoms with Crippen LogP contribution >= 0.6 is 27.7 Å². The van der Waals surface area contributed by atoms with E-state index in [0.717, 1.165) is 33.4 Å². The first-order valence-corrected chi connectivity index (χ1v) is 6.73. The lowest BCUT2D eigenvalue weighted by molar-refractivity contribution is -0.141. The summed E-state index contributed by atoms with van der Waals surface area (Å²) >= 11 is 4.47. The van der Waals surface area contributed by atoms with Gasteiger partial charge in [0.05, 0.1) is 11.9 Å². The van der Waals surface area contributed by atoms with Crippen molar-refractivity contribution in [1.29, 1.82) is 0 Å². The van der Waals surface area contributed by atoms with Gasteiger partial charge in [0.25, 0.3) is 0 Å². The lowest BCUT2D eigenvalue weighted by atomic mass is 10.3. The van der Waals surface area contributed by atoms with Crippen LogP contribution in [0, 0.1) is 0 Å². The lowest BCUT2D eigenvalue weighted by Crippen LogP contribution is -2.08. The van der Waals surface area contributed by atoms with E-state index in [1.807, 2.05) is 6.07 Å². The van der Waals surface area contributed by atoms with E-state index in [1.54, 1.807) is 18.2 Å². The Morgan fingerprint density at radius 3 is 2.58 bits per heavy atom. The number of aromatic nitrogens is 1. The summed E-state index contributed by atoms with van der Waals surface area (Å²) in [7, 11) is 0. The number of benzene rings is 1. The van der Waals surface area contributed by atoms with Crippen LogP contribution in [0.25, 0.3) is 0 Å². The van der Waals surface area contributed by atoms with Crippen molar-refractivity contribution in [1.82, 2.24) is 4.98 Å². The highest BCUT2D eigenvalue weighted by molar-refractivity contribution is 9.10. The van der Waals surface area contributed by atoms with Gasteiger partial charge in [0, 0.05) is 14.3 Å². The molecule has 100 valence electrons. The number of anilines is 1. The molecule has 19 heavy (non-hydrogen) atoms. The van der Waals surface area contributed by atoms with E-state index in [9.17, 15) is 13.2 Å². The molecule has 0 aliphatic carbocycles. The Morgan fingerprint density at radius 2 is 1.95 bits per heavy atom. The number of hydrogen-bond donors (Lipinski definition) is 1. The van der Waals surface area contributed by atoms with Crippen LogP contribution in [0.3, 0.4) is 0 Å². The van der Waals surface area contributed by atoms with Gasteiger partial charge in [-0.1, -0.05) is 33.8 Å². The molecule has 2 rings (SSSR count). The standard InChI is InChI=1S/C12H8BrF3N2S/c13-7-2-1-3-8(4-7)19-10-5-11(12(14,15)16)18-6-9(10)17/h1-6H,17H2. The molecule has 1 aromatic carbocycles. The Labute approximate surface area is 120 Å². The molecule has 2 nitrogen and oxygen atoms in total. The van der Waals surface area contributed by atoms with Gasteiger partial charge in [-0.15, -0.1) is 0 Å². The first-order valence-electron chi connectivity index (χ1n) is 5.12. The average Bonchev–Trinajstić information content (AvgIpc) is 2.30. The smallest absolute Gasteiger partial charge is 0.397 e. The number of halogens is 4. The van der Waals surface area contributed by atoms with Crippen molar-refractivity contribution in [3.63, 3.8) is 0 Å². The number of nitrogens with zero attached hydrogens (tertiary/aromatic N) is 1. The van der Waals surface area contributed by atoms with Crippen LogP contribution in [-0.4, -0.2) is 4.98 Å². The molecule has 2 aromatic rings. The molecule has 0 radical (unpaired) electrons. The van der Waals surface area contributed by atoms with Gasteiger partial charge in [-0.2, -0.15) is 13.2 Å². The largest absolute Gasteiger partial charge is 0.433 e. The Balaban J connectivity index is 2.34. The topological polar surface area (TPSA) is 38.9 Å². The number of nitrogen functional groups attached to an aromatic ring is 1. The van der Waals surface area contributed by atoms with Crippen molar-refractivity contribution in [2.75, 3.05) is 5.73 Å². The summed E-state index contributed by atoms with van der Waals surface area (Å²) in [6.45, 7) is 0. The molecule has 2 N–H and O–H groups in total. The molecule has 0 saturated heterocycles. The van der Waals surface area contributed by atoms with Crippen LogP contribution in [0.2, 0.25) is 0 Å². The highest BCUT2D eigenvalue weighted by Gasteiger charge is 2.33. The summed E-state index contributed by atoms with van der Waals surface area (Å²) in [5.74, 6) is 0. The first-order chi connectivity index (χ1) is 8.86. The van der Waals surface area contributed by atoms with Crippen molar-refractivity contribution in [2.24, 2.45) is 0 Å². The Morgan fingerprint density at radius 1 is 1.21 bits per heavy atom. The minimum atomic E-state index is -4.47. The molecule has 0 spiro atoms. The van der Waals surface area contributed by atoms with Gasteiger partial charge in [-0.3, -0.25) is 0 Å². The van der Waals surface area contributed by atoms with Crippen LogP contribution < -0.4 is 5.73 Å². The third kappa shape index (κ3) is 3.63. The highest BCUT2D eigenvalue weighted by Crippen LogP contribution is 2.36. The Kier molecular flexibility index (Phi) is 4.05. The fraction of sp³-hybridized carbons (Fsp3) is 0.0833. The van der Waals surface area contributed by atoms with Gasteiger partial charge < -0.3 is 5.73 Å². The summed E-state index contributed by atoms with van der Waals surface area (Å²) in [5.41, 5.74) is 4.93. The number of pyridine rings is 1. The zero-order chi connectivity index (χ0) is 14.0. The summed E-state index contributed by atoms with van der Waals surface area (Å²) in [6.07, 6.45) is -3.44. The molecule has 1 heterocycles. The molecular formula is C12H8BrF3N2S. The van der Waals surface area contributed by atoms with Gasteiger partial charge in [-0.05, 0) is 24.3 Å². The van der Waals surface area contributed by atoms with Gasteiger partial charge in [0.1, 0.15) is 5.69 Å². The fourth-order valence-electron chi connectivity index (χ4n) is 1.35. The number of nitrogens with two attached hydrogens (primary N) is 1. The van der Waals surface area contributed by atoms with E-state index in [-0.39, 0.29) is 5.69 Å². The lowest BCUT2D eigenvalue weighted by Gasteiger charge is -2.10. The predicted octanol–water partition coefficient (Wildman–Crippen LogP) is 4.60. The first kappa shape index (κ1) is 14.2. The van der Waals surface area contributed by atoms with E-state index in [0.29, 0.717) is 4.90 Å². The second kappa shape index (κ2) is 5.42. The van der Waals surface area contributed by atoms with E-state index in [4.69, 9.17) is 5.73 Å². The molecule has 0 aliphatic rings. The molecule has 7 heteroatoms. The fourth-order valence-corrected chi connectivity index (χ4v) is 2.83. The third-order valence-electron chi connectivity index (χ3n) is 2.21. The van der Waals surface area contributed by atoms with E-state index < -0.39 is 11.9 Å². The second-order valence-corrected chi connectivity index (χ2v) is 5.70. The van der Waals surface area contributed by atoms with Crippen molar-refractivity contribution < 1.29 is 13.2 Å². The van der Waals surface area contributed by atoms with Crippen molar-refractivity contribution in [2.45, 2.75) is 16.0 Å². The minimum Gasteiger partial charge on any atom is -0.397 e. The molecule has 0 amide bonds. The highest BCUT2D eigenvalue weighted by atomic mass is 79.9. The normalized spacial score (nSPS) is 11.6. The van der Waals surface area contributed by atoms with Gasteiger partial charge >= 0.3 is 6.18 Å². The summed E-state index contributed by atoms with van der Waals surface area (Å²) in [6, 6.07) is 8.19. The zero-order valence-electron chi connectivity index (χ0n) is 9.41. The molecule has 0 aliphatic heterocycles. The van der Waals surface area contributed by atoms with Crippen LogP contribution in [0.15, 0.2) is 50.8 Å². The van der Waals surface area contributed by atoms with Crippen LogP contribution in [0.4, 0.5) is 18.9 Å². The summed E-state index contributed by atoms with van der Waals surface area (Å²) in [4.78, 5) is 4.42. The maximum atomic E-state index is 12.6. The maximum absolute atomic E-state index is 12.6. The Hall–Kier alpha value is -1.21. The molecule has 0 saturated carbocycles. The average molecular weight is 349 g/mol. The van der Waals surface area contributed by atoms with Gasteiger partial charge in [0.2, 0.25) is 0 Å².